The minimum absolute atomic E-state index is 0.183. The first-order valence-electron chi connectivity index (χ1n) is 7.82. The third kappa shape index (κ3) is 3.31. The Labute approximate surface area is 134 Å². The number of benzene rings is 1. The summed E-state index contributed by atoms with van der Waals surface area (Å²) in [6.45, 7) is 5.17. The van der Waals surface area contributed by atoms with Gasteiger partial charge in [0.1, 0.15) is 5.82 Å². The highest BCUT2D eigenvalue weighted by Gasteiger charge is 2.31. The predicted molar refractivity (Wildman–Crippen MR) is 86.7 cm³/mol. The van der Waals surface area contributed by atoms with E-state index < -0.39 is 0 Å². The van der Waals surface area contributed by atoms with Gasteiger partial charge in [-0.2, -0.15) is 0 Å². The Morgan fingerprint density at radius 3 is 2.86 bits per heavy atom. The van der Waals surface area contributed by atoms with E-state index in [-0.39, 0.29) is 11.9 Å². The molecule has 0 aromatic heterocycles. The molecule has 0 spiro atoms. The van der Waals surface area contributed by atoms with Gasteiger partial charge in [-0.15, -0.1) is 0 Å². The van der Waals surface area contributed by atoms with Crippen LogP contribution in [0.2, 0.25) is 0 Å². The van der Waals surface area contributed by atoms with Crippen LogP contribution in [0.4, 0.5) is 4.39 Å². The number of rotatable bonds is 3. The number of hydrogen-bond donors (Lipinski definition) is 1. The Hall–Kier alpha value is -0.490. The topological polar surface area (TPSA) is 32.5 Å². The molecule has 2 heterocycles. The molecule has 0 aliphatic carbocycles. The summed E-state index contributed by atoms with van der Waals surface area (Å²) >= 11 is 3.29. The second kappa shape index (κ2) is 6.73. The molecule has 0 radical (unpaired) electrons. The van der Waals surface area contributed by atoms with Gasteiger partial charge >= 0.3 is 0 Å². The van der Waals surface area contributed by atoms with Crippen molar-refractivity contribution < 1.29 is 4.39 Å². The summed E-state index contributed by atoms with van der Waals surface area (Å²) in [5.74, 6) is -0.215. The molecule has 116 valence electrons. The second-order valence-corrected chi connectivity index (χ2v) is 6.96. The first-order chi connectivity index (χ1) is 10.2. The van der Waals surface area contributed by atoms with E-state index in [1.807, 2.05) is 12.1 Å². The van der Waals surface area contributed by atoms with Crippen molar-refractivity contribution in [3.63, 3.8) is 0 Å². The summed E-state index contributed by atoms with van der Waals surface area (Å²) in [7, 11) is 0. The van der Waals surface area contributed by atoms with Crippen molar-refractivity contribution in [1.82, 2.24) is 9.80 Å². The van der Waals surface area contributed by atoms with Crippen molar-refractivity contribution in [3.05, 3.63) is 34.1 Å². The van der Waals surface area contributed by atoms with Gasteiger partial charge in [0.15, 0.2) is 0 Å². The van der Waals surface area contributed by atoms with Crippen LogP contribution in [0, 0.1) is 5.82 Å². The van der Waals surface area contributed by atoms with E-state index in [1.165, 1.54) is 38.4 Å². The van der Waals surface area contributed by atoms with Crippen molar-refractivity contribution in [2.24, 2.45) is 5.73 Å². The van der Waals surface area contributed by atoms with Gasteiger partial charge in [-0.3, -0.25) is 9.80 Å². The van der Waals surface area contributed by atoms with Crippen LogP contribution in [0.3, 0.4) is 0 Å². The van der Waals surface area contributed by atoms with Crippen LogP contribution in [-0.4, -0.2) is 48.6 Å². The third-order valence-corrected chi connectivity index (χ3v) is 5.44. The van der Waals surface area contributed by atoms with Gasteiger partial charge in [-0.25, -0.2) is 4.39 Å². The largest absolute Gasteiger partial charge is 0.329 e. The third-order valence-electron chi connectivity index (χ3n) is 4.83. The zero-order valence-corrected chi connectivity index (χ0v) is 13.9. The van der Waals surface area contributed by atoms with E-state index in [4.69, 9.17) is 5.73 Å². The highest BCUT2D eigenvalue weighted by Crippen LogP contribution is 2.29. The van der Waals surface area contributed by atoms with Gasteiger partial charge in [-0.1, -0.05) is 6.07 Å². The van der Waals surface area contributed by atoms with Crippen molar-refractivity contribution >= 4 is 15.9 Å². The molecule has 21 heavy (non-hydrogen) atoms. The van der Waals surface area contributed by atoms with Crippen molar-refractivity contribution in [2.45, 2.75) is 31.3 Å². The lowest BCUT2D eigenvalue weighted by Crippen LogP contribution is -2.40. The SMILES string of the molecule is NCC(c1ccc(F)c(Br)c1)N1CCCN2CCCC2C1. The predicted octanol–water partition coefficient (Wildman–Crippen LogP) is 2.76. The van der Waals surface area contributed by atoms with Gasteiger partial charge in [-0.05, 0) is 66.0 Å². The highest BCUT2D eigenvalue weighted by atomic mass is 79.9. The average Bonchev–Trinajstić information content (AvgIpc) is 2.82. The molecule has 0 bridgehead atoms. The van der Waals surface area contributed by atoms with Gasteiger partial charge in [0.25, 0.3) is 0 Å². The first-order valence-corrected chi connectivity index (χ1v) is 8.61. The van der Waals surface area contributed by atoms with E-state index in [9.17, 15) is 4.39 Å². The second-order valence-electron chi connectivity index (χ2n) is 6.11. The maximum absolute atomic E-state index is 13.5. The molecule has 3 rings (SSSR count). The van der Waals surface area contributed by atoms with Gasteiger partial charge < -0.3 is 5.73 Å². The number of hydrogen-bond acceptors (Lipinski definition) is 3. The minimum Gasteiger partial charge on any atom is -0.329 e. The number of nitrogens with zero attached hydrogens (tertiary/aromatic N) is 2. The summed E-state index contributed by atoms with van der Waals surface area (Å²) in [4.78, 5) is 5.11. The maximum atomic E-state index is 13.5. The summed E-state index contributed by atoms with van der Waals surface area (Å²) in [5.41, 5.74) is 7.16. The minimum atomic E-state index is -0.215. The van der Waals surface area contributed by atoms with E-state index in [1.54, 1.807) is 0 Å². The van der Waals surface area contributed by atoms with Crippen LogP contribution in [0.25, 0.3) is 0 Å². The molecule has 2 atom stereocenters. The molecule has 5 heteroatoms. The normalized spacial score (nSPS) is 25.6. The van der Waals surface area contributed by atoms with Crippen LogP contribution in [0.5, 0.6) is 0 Å². The molecule has 2 fully saturated rings. The lowest BCUT2D eigenvalue weighted by atomic mass is 10.0. The molecule has 2 N–H and O–H groups in total. The van der Waals surface area contributed by atoms with Gasteiger partial charge in [0.2, 0.25) is 0 Å². The molecular weight excluding hydrogens is 333 g/mol. The van der Waals surface area contributed by atoms with Gasteiger partial charge in [0, 0.05) is 31.7 Å². The lowest BCUT2D eigenvalue weighted by Gasteiger charge is -2.32. The molecule has 2 unspecified atom stereocenters. The quantitative estimate of drug-likeness (QED) is 0.904. The number of halogens is 2. The van der Waals surface area contributed by atoms with Crippen molar-refractivity contribution in [1.29, 1.82) is 0 Å². The fourth-order valence-electron chi connectivity index (χ4n) is 3.73. The molecule has 2 aliphatic rings. The Kier molecular flexibility index (Phi) is 4.94. The average molecular weight is 356 g/mol. The van der Waals surface area contributed by atoms with Crippen molar-refractivity contribution in [3.8, 4) is 0 Å². The Balaban J connectivity index is 1.79. The smallest absolute Gasteiger partial charge is 0.137 e. The van der Waals surface area contributed by atoms with E-state index >= 15 is 0 Å². The monoisotopic (exact) mass is 355 g/mol. The van der Waals surface area contributed by atoms with Crippen LogP contribution in [-0.2, 0) is 0 Å². The molecule has 0 saturated carbocycles. The summed E-state index contributed by atoms with van der Waals surface area (Å²) in [6, 6.07) is 6.13. The summed E-state index contributed by atoms with van der Waals surface area (Å²) in [6.07, 6.45) is 3.80. The zero-order chi connectivity index (χ0) is 14.8. The van der Waals surface area contributed by atoms with Crippen LogP contribution >= 0.6 is 15.9 Å². The molecule has 0 amide bonds. The first kappa shape index (κ1) is 15.4. The Bertz CT molecular complexity index is 496. The molecule has 1 aromatic carbocycles. The maximum Gasteiger partial charge on any atom is 0.137 e. The lowest BCUT2D eigenvalue weighted by molar-refractivity contribution is 0.176. The van der Waals surface area contributed by atoms with Crippen LogP contribution in [0.1, 0.15) is 30.9 Å². The van der Waals surface area contributed by atoms with E-state index in [2.05, 4.69) is 25.7 Å². The Morgan fingerprint density at radius 2 is 2.10 bits per heavy atom. The molecular formula is C16H23BrFN3. The van der Waals surface area contributed by atoms with E-state index in [0.717, 1.165) is 18.7 Å². The van der Waals surface area contributed by atoms with Crippen LogP contribution < -0.4 is 5.73 Å². The van der Waals surface area contributed by atoms with Crippen molar-refractivity contribution in [2.75, 3.05) is 32.7 Å². The fraction of sp³-hybridized carbons (Fsp3) is 0.625. The standard InChI is InChI=1S/C16H23BrFN3/c17-14-9-12(4-5-15(14)18)16(10-19)21-8-2-7-20-6-1-3-13(20)11-21/h4-5,9,13,16H,1-3,6-8,10-11,19H2. The Morgan fingerprint density at radius 1 is 1.29 bits per heavy atom. The summed E-state index contributed by atoms with van der Waals surface area (Å²) < 4.78 is 14.0. The number of nitrogens with two attached hydrogens (primary N) is 1. The van der Waals surface area contributed by atoms with E-state index in [0.29, 0.717) is 17.1 Å². The molecule has 3 nitrogen and oxygen atoms in total. The number of fused-ring (bicyclic) bond motifs is 1. The highest BCUT2D eigenvalue weighted by molar-refractivity contribution is 9.10. The summed E-state index contributed by atoms with van der Waals surface area (Å²) in [5, 5.41) is 0. The molecule has 2 saturated heterocycles. The molecule has 2 aliphatic heterocycles. The molecule has 1 aromatic rings. The van der Waals surface area contributed by atoms with Gasteiger partial charge in [0.05, 0.1) is 4.47 Å². The fourth-order valence-corrected chi connectivity index (χ4v) is 4.13. The van der Waals surface area contributed by atoms with Crippen LogP contribution in [0.15, 0.2) is 22.7 Å². The zero-order valence-electron chi connectivity index (χ0n) is 12.3.